The number of nitrogens with one attached hydrogen (secondary N) is 1. The van der Waals surface area contributed by atoms with Crippen molar-refractivity contribution in [2.24, 2.45) is 5.92 Å². The molecule has 1 heterocycles. The van der Waals surface area contributed by atoms with E-state index in [4.69, 9.17) is 5.11 Å². The van der Waals surface area contributed by atoms with E-state index in [1.54, 1.807) is 18.5 Å². The Kier molecular flexibility index (Phi) is 4.18. The van der Waals surface area contributed by atoms with Crippen LogP contribution in [0.2, 0.25) is 0 Å². The first-order valence-corrected chi connectivity index (χ1v) is 4.44. The molecule has 1 rings (SSSR count). The monoisotopic (exact) mass is 181 g/mol. The second-order valence-corrected chi connectivity index (χ2v) is 3.07. The Labute approximate surface area is 78.0 Å². The van der Waals surface area contributed by atoms with E-state index in [0.29, 0.717) is 11.9 Å². The minimum Gasteiger partial charge on any atom is -0.396 e. The molecule has 0 spiro atoms. The molecule has 1 atom stereocenters. The van der Waals surface area contributed by atoms with Crippen molar-refractivity contribution in [3.05, 3.63) is 18.5 Å². The van der Waals surface area contributed by atoms with Crippen LogP contribution in [-0.2, 0) is 0 Å². The largest absolute Gasteiger partial charge is 0.396 e. The Morgan fingerprint density at radius 3 is 2.77 bits per heavy atom. The maximum atomic E-state index is 8.67. The number of aliphatic hydroxyl groups excluding tert-OH is 1. The van der Waals surface area contributed by atoms with Crippen LogP contribution in [0.5, 0.6) is 0 Å². The van der Waals surface area contributed by atoms with Gasteiger partial charge in [-0.15, -0.1) is 0 Å². The maximum Gasteiger partial charge on any atom is 0.222 e. The SMILES string of the molecule is CC(CCO)CNc1ncccn1. The Morgan fingerprint density at radius 1 is 1.46 bits per heavy atom. The van der Waals surface area contributed by atoms with E-state index in [0.717, 1.165) is 13.0 Å². The molecule has 1 unspecified atom stereocenters. The Morgan fingerprint density at radius 2 is 2.15 bits per heavy atom. The van der Waals surface area contributed by atoms with Crippen molar-refractivity contribution in [2.75, 3.05) is 18.5 Å². The molecule has 1 aromatic heterocycles. The number of hydrogen-bond donors (Lipinski definition) is 2. The summed E-state index contributed by atoms with van der Waals surface area (Å²) in [7, 11) is 0. The van der Waals surface area contributed by atoms with Crippen molar-refractivity contribution >= 4 is 5.95 Å². The van der Waals surface area contributed by atoms with Gasteiger partial charge in [-0.2, -0.15) is 0 Å². The van der Waals surface area contributed by atoms with Crippen LogP contribution in [0.1, 0.15) is 13.3 Å². The zero-order valence-electron chi connectivity index (χ0n) is 7.77. The van der Waals surface area contributed by atoms with Gasteiger partial charge in [0.2, 0.25) is 5.95 Å². The summed E-state index contributed by atoms with van der Waals surface area (Å²) in [5, 5.41) is 11.8. The lowest BCUT2D eigenvalue weighted by Gasteiger charge is -2.10. The molecular formula is C9H15N3O. The molecule has 1 aromatic rings. The molecule has 0 aromatic carbocycles. The molecule has 4 nitrogen and oxygen atoms in total. The van der Waals surface area contributed by atoms with Gasteiger partial charge in [0.25, 0.3) is 0 Å². The Hall–Kier alpha value is -1.16. The van der Waals surface area contributed by atoms with Gasteiger partial charge in [0.15, 0.2) is 0 Å². The third-order valence-electron chi connectivity index (χ3n) is 1.80. The molecule has 0 fully saturated rings. The van der Waals surface area contributed by atoms with Crippen molar-refractivity contribution in [1.82, 2.24) is 9.97 Å². The minimum absolute atomic E-state index is 0.235. The number of nitrogens with zero attached hydrogens (tertiary/aromatic N) is 2. The predicted molar refractivity (Wildman–Crippen MR) is 51.4 cm³/mol. The highest BCUT2D eigenvalue weighted by Crippen LogP contribution is 2.02. The van der Waals surface area contributed by atoms with Gasteiger partial charge in [-0.25, -0.2) is 9.97 Å². The second-order valence-electron chi connectivity index (χ2n) is 3.07. The van der Waals surface area contributed by atoms with Crippen LogP contribution >= 0.6 is 0 Å². The van der Waals surface area contributed by atoms with Crippen LogP contribution in [0, 0.1) is 5.92 Å². The van der Waals surface area contributed by atoms with Gasteiger partial charge in [-0.05, 0) is 18.4 Å². The fraction of sp³-hybridized carbons (Fsp3) is 0.556. The van der Waals surface area contributed by atoms with Gasteiger partial charge in [0.1, 0.15) is 0 Å². The van der Waals surface area contributed by atoms with Gasteiger partial charge in [-0.3, -0.25) is 0 Å². The highest BCUT2D eigenvalue weighted by molar-refractivity contribution is 5.21. The first kappa shape index (κ1) is 9.92. The van der Waals surface area contributed by atoms with Crippen LogP contribution in [0.15, 0.2) is 18.5 Å². The van der Waals surface area contributed by atoms with Crippen LogP contribution in [-0.4, -0.2) is 28.2 Å². The van der Waals surface area contributed by atoms with Crippen LogP contribution in [0.4, 0.5) is 5.95 Å². The van der Waals surface area contributed by atoms with E-state index in [9.17, 15) is 0 Å². The minimum atomic E-state index is 0.235. The summed E-state index contributed by atoms with van der Waals surface area (Å²) in [5.41, 5.74) is 0. The smallest absolute Gasteiger partial charge is 0.222 e. The quantitative estimate of drug-likeness (QED) is 0.708. The van der Waals surface area contributed by atoms with Crippen LogP contribution < -0.4 is 5.32 Å². The van der Waals surface area contributed by atoms with Crippen molar-refractivity contribution < 1.29 is 5.11 Å². The molecule has 0 aliphatic rings. The fourth-order valence-corrected chi connectivity index (χ4v) is 0.978. The zero-order chi connectivity index (χ0) is 9.52. The summed E-state index contributed by atoms with van der Waals surface area (Å²) in [5.74, 6) is 1.08. The molecular weight excluding hydrogens is 166 g/mol. The van der Waals surface area contributed by atoms with E-state index in [1.807, 2.05) is 0 Å². The zero-order valence-corrected chi connectivity index (χ0v) is 7.77. The van der Waals surface area contributed by atoms with Crippen molar-refractivity contribution in [3.8, 4) is 0 Å². The van der Waals surface area contributed by atoms with Crippen molar-refractivity contribution in [1.29, 1.82) is 0 Å². The number of aliphatic hydroxyl groups is 1. The van der Waals surface area contributed by atoms with E-state index >= 15 is 0 Å². The van der Waals surface area contributed by atoms with Crippen LogP contribution in [0.25, 0.3) is 0 Å². The maximum absolute atomic E-state index is 8.67. The lowest BCUT2D eigenvalue weighted by molar-refractivity contribution is 0.265. The van der Waals surface area contributed by atoms with E-state index in [2.05, 4.69) is 22.2 Å². The van der Waals surface area contributed by atoms with Gasteiger partial charge in [0.05, 0.1) is 0 Å². The van der Waals surface area contributed by atoms with E-state index in [1.165, 1.54) is 0 Å². The molecule has 4 heteroatoms. The third kappa shape index (κ3) is 3.85. The molecule has 0 saturated carbocycles. The first-order valence-electron chi connectivity index (χ1n) is 4.44. The highest BCUT2D eigenvalue weighted by Gasteiger charge is 2.00. The van der Waals surface area contributed by atoms with E-state index < -0.39 is 0 Å². The molecule has 0 amide bonds. The molecule has 0 aliphatic heterocycles. The lowest BCUT2D eigenvalue weighted by atomic mass is 10.1. The summed E-state index contributed by atoms with van der Waals surface area (Å²) in [6.45, 7) is 3.11. The first-order chi connectivity index (χ1) is 6.33. The number of anilines is 1. The Bertz CT molecular complexity index is 228. The van der Waals surface area contributed by atoms with Gasteiger partial charge in [0, 0.05) is 25.5 Å². The summed E-state index contributed by atoms with van der Waals surface area (Å²) in [6.07, 6.45) is 4.21. The normalized spacial score (nSPS) is 12.5. The van der Waals surface area contributed by atoms with Crippen LogP contribution in [0.3, 0.4) is 0 Å². The molecule has 0 radical (unpaired) electrons. The summed E-state index contributed by atoms with van der Waals surface area (Å²) < 4.78 is 0. The molecule has 2 N–H and O–H groups in total. The summed E-state index contributed by atoms with van der Waals surface area (Å²) in [6, 6.07) is 1.78. The standard InChI is InChI=1S/C9H15N3O/c1-8(3-6-13)7-12-9-10-4-2-5-11-9/h2,4-5,8,13H,3,6-7H2,1H3,(H,10,11,12). The van der Waals surface area contributed by atoms with Gasteiger partial charge in [-0.1, -0.05) is 6.92 Å². The lowest BCUT2D eigenvalue weighted by Crippen LogP contribution is -2.13. The Balaban J connectivity index is 2.27. The molecule has 0 saturated heterocycles. The average molecular weight is 181 g/mol. The highest BCUT2D eigenvalue weighted by atomic mass is 16.3. The third-order valence-corrected chi connectivity index (χ3v) is 1.80. The molecule has 0 aliphatic carbocycles. The predicted octanol–water partition coefficient (Wildman–Crippen LogP) is 0.907. The molecule has 72 valence electrons. The topological polar surface area (TPSA) is 58.0 Å². The van der Waals surface area contributed by atoms with Crippen molar-refractivity contribution in [3.63, 3.8) is 0 Å². The second kappa shape index (κ2) is 5.48. The number of aromatic nitrogens is 2. The van der Waals surface area contributed by atoms with E-state index in [-0.39, 0.29) is 6.61 Å². The number of rotatable bonds is 5. The molecule has 13 heavy (non-hydrogen) atoms. The van der Waals surface area contributed by atoms with Crippen molar-refractivity contribution in [2.45, 2.75) is 13.3 Å². The molecule has 0 bridgehead atoms. The van der Waals surface area contributed by atoms with Gasteiger partial charge < -0.3 is 10.4 Å². The summed E-state index contributed by atoms with van der Waals surface area (Å²) >= 11 is 0. The average Bonchev–Trinajstić information content (AvgIpc) is 2.17. The van der Waals surface area contributed by atoms with Gasteiger partial charge >= 0.3 is 0 Å². The summed E-state index contributed by atoms with van der Waals surface area (Å²) in [4.78, 5) is 8.05. The fourth-order valence-electron chi connectivity index (χ4n) is 0.978. The number of hydrogen-bond acceptors (Lipinski definition) is 4.